The number of carbonyl (C=O) groups excluding carboxylic acids is 1. The molecule has 2 N–H and O–H groups in total. The van der Waals surface area contributed by atoms with E-state index in [-0.39, 0.29) is 11.3 Å². The van der Waals surface area contributed by atoms with Gasteiger partial charge in [0.15, 0.2) is 5.96 Å². The third kappa shape index (κ3) is 3.75. The number of piperidine rings is 1. The zero-order valence-electron chi connectivity index (χ0n) is 15.9. The summed E-state index contributed by atoms with van der Waals surface area (Å²) in [6.45, 7) is 3.48. The minimum atomic E-state index is 0.0759. The Morgan fingerprint density at radius 1 is 1.37 bits per heavy atom. The van der Waals surface area contributed by atoms with Crippen LogP contribution in [0.1, 0.15) is 24.8 Å². The van der Waals surface area contributed by atoms with Gasteiger partial charge >= 0.3 is 0 Å². The van der Waals surface area contributed by atoms with Crippen molar-refractivity contribution >= 4 is 22.8 Å². The number of nitrogens with zero attached hydrogens (tertiary/aromatic N) is 3. The molecule has 1 aromatic heterocycles. The summed E-state index contributed by atoms with van der Waals surface area (Å²) in [7, 11) is 1.83. The summed E-state index contributed by atoms with van der Waals surface area (Å²) in [5.74, 6) is 1.12. The molecule has 2 aliphatic rings. The second-order valence-corrected chi connectivity index (χ2v) is 7.69. The lowest BCUT2D eigenvalue weighted by molar-refractivity contribution is -0.119. The highest BCUT2D eigenvalue weighted by molar-refractivity contribution is 5.83. The number of guanidine groups is 1. The van der Waals surface area contributed by atoms with E-state index in [1.165, 1.54) is 10.9 Å². The Balaban J connectivity index is 1.39. The lowest BCUT2D eigenvalue weighted by Gasteiger charge is -2.40. The van der Waals surface area contributed by atoms with Crippen molar-refractivity contribution in [3.8, 4) is 0 Å². The second kappa shape index (κ2) is 7.55. The molecule has 2 aliphatic heterocycles. The molecular weight excluding hydrogens is 338 g/mol. The minimum Gasteiger partial charge on any atom is -0.356 e. The van der Waals surface area contributed by atoms with Gasteiger partial charge in [-0.25, -0.2) is 0 Å². The van der Waals surface area contributed by atoms with Crippen LogP contribution in [0.15, 0.2) is 41.5 Å². The Morgan fingerprint density at radius 2 is 2.26 bits per heavy atom. The van der Waals surface area contributed by atoms with Crippen LogP contribution in [0.5, 0.6) is 0 Å². The van der Waals surface area contributed by atoms with Gasteiger partial charge in [0.2, 0.25) is 5.91 Å². The fourth-order valence-corrected chi connectivity index (χ4v) is 4.44. The van der Waals surface area contributed by atoms with Gasteiger partial charge < -0.3 is 15.5 Å². The van der Waals surface area contributed by atoms with Crippen LogP contribution in [0.25, 0.3) is 10.9 Å². The molecule has 1 spiro atoms. The van der Waals surface area contributed by atoms with Gasteiger partial charge in [-0.2, -0.15) is 0 Å². The minimum absolute atomic E-state index is 0.0759. The Morgan fingerprint density at radius 3 is 3.07 bits per heavy atom. The highest BCUT2D eigenvalue weighted by Gasteiger charge is 2.42. The summed E-state index contributed by atoms with van der Waals surface area (Å²) in [4.78, 5) is 23.1. The summed E-state index contributed by atoms with van der Waals surface area (Å²) in [6.07, 6.45) is 5.60. The third-order valence-corrected chi connectivity index (χ3v) is 5.76. The van der Waals surface area contributed by atoms with Crippen molar-refractivity contribution in [3.05, 3.63) is 42.1 Å². The molecule has 4 rings (SSSR count). The van der Waals surface area contributed by atoms with Crippen molar-refractivity contribution in [2.75, 3.05) is 33.2 Å². The summed E-state index contributed by atoms with van der Waals surface area (Å²) in [5, 5.41) is 7.70. The summed E-state index contributed by atoms with van der Waals surface area (Å²) in [5.41, 5.74) is 2.40. The smallest absolute Gasteiger partial charge is 0.220 e. The van der Waals surface area contributed by atoms with E-state index in [0.29, 0.717) is 6.42 Å². The number of aliphatic imine (C=N–C) groups is 1. The van der Waals surface area contributed by atoms with Gasteiger partial charge in [0.25, 0.3) is 0 Å². The number of fused-ring (bicyclic) bond motifs is 1. The quantitative estimate of drug-likeness (QED) is 0.644. The van der Waals surface area contributed by atoms with Crippen molar-refractivity contribution in [3.63, 3.8) is 0 Å². The molecule has 142 valence electrons. The lowest BCUT2D eigenvalue weighted by atomic mass is 9.79. The van der Waals surface area contributed by atoms with E-state index in [1.54, 1.807) is 0 Å². The van der Waals surface area contributed by atoms with Crippen LogP contribution in [0.4, 0.5) is 0 Å². The van der Waals surface area contributed by atoms with Crippen LogP contribution < -0.4 is 10.6 Å². The van der Waals surface area contributed by atoms with Crippen molar-refractivity contribution in [2.24, 2.45) is 10.4 Å². The number of rotatable bonds is 3. The van der Waals surface area contributed by atoms with E-state index in [0.717, 1.165) is 56.9 Å². The molecule has 27 heavy (non-hydrogen) atoms. The van der Waals surface area contributed by atoms with Crippen molar-refractivity contribution < 1.29 is 4.79 Å². The Labute approximate surface area is 160 Å². The predicted octanol–water partition coefficient (Wildman–Crippen LogP) is 1.95. The number of pyridine rings is 1. The maximum absolute atomic E-state index is 11.7. The van der Waals surface area contributed by atoms with Crippen LogP contribution in [0.2, 0.25) is 0 Å². The fourth-order valence-electron chi connectivity index (χ4n) is 4.44. The van der Waals surface area contributed by atoms with Gasteiger partial charge in [-0.15, -0.1) is 0 Å². The molecule has 2 saturated heterocycles. The molecule has 3 heterocycles. The normalized spacial score (nSPS) is 23.1. The number of hydrogen-bond donors (Lipinski definition) is 2. The largest absolute Gasteiger partial charge is 0.356 e. The van der Waals surface area contributed by atoms with Crippen LogP contribution in [0, 0.1) is 5.41 Å². The Hall–Kier alpha value is -2.63. The average molecular weight is 365 g/mol. The maximum atomic E-state index is 11.7. The van der Waals surface area contributed by atoms with E-state index < -0.39 is 0 Å². The highest BCUT2D eigenvalue weighted by atomic mass is 16.1. The van der Waals surface area contributed by atoms with E-state index >= 15 is 0 Å². The number of aromatic nitrogens is 1. The fraction of sp³-hybridized carbons (Fsp3) is 0.476. The predicted molar refractivity (Wildman–Crippen MR) is 108 cm³/mol. The van der Waals surface area contributed by atoms with Gasteiger partial charge in [0.05, 0.1) is 5.52 Å². The molecular formula is C21H27N5O. The van der Waals surface area contributed by atoms with E-state index in [4.69, 9.17) is 0 Å². The summed E-state index contributed by atoms with van der Waals surface area (Å²) >= 11 is 0. The number of para-hydroxylation sites is 1. The van der Waals surface area contributed by atoms with Gasteiger partial charge in [-0.3, -0.25) is 14.8 Å². The van der Waals surface area contributed by atoms with E-state index in [9.17, 15) is 4.79 Å². The number of benzene rings is 1. The number of carbonyl (C=O) groups is 1. The SMILES string of the molecule is CN=C(NCCc1cccc2cccnc12)N1CCCC2(CNC(=O)C2)C1. The molecule has 0 aliphatic carbocycles. The third-order valence-electron chi connectivity index (χ3n) is 5.76. The van der Waals surface area contributed by atoms with Gasteiger partial charge in [-0.1, -0.05) is 24.3 Å². The van der Waals surface area contributed by atoms with Crippen LogP contribution in [0.3, 0.4) is 0 Å². The number of hydrogen-bond acceptors (Lipinski definition) is 3. The standard InChI is InChI=1S/C21H27N5O/c1-22-20(26-12-4-9-21(15-26)13-18(27)25-14-21)24-11-8-17-6-2-5-16-7-3-10-23-19(16)17/h2-3,5-7,10H,4,8-9,11-15H2,1H3,(H,22,24)(H,25,27). The number of likely N-dealkylation sites (tertiary alicyclic amines) is 1. The topological polar surface area (TPSA) is 69.6 Å². The number of amides is 1. The molecule has 1 aromatic carbocycles. The molecule has 2 fully saturated rings. The van der Waals surface area contributed by atoms with E-state index in [1.807, 2.05) is 19.3 Å². The summed E-state index contributed by atoms with van der Waals surface area (Å²) in [6, 6.07) is 10.4. The van der Waals surface area contributed by atoms with Crippen LogP contribution in [-0.4, -0.2) is 55.0 Å². The molecule has 0 saturated carbocycles. The first-order valence-corrected chi connectivity index (χ1v) is 9.74. The van der Waals surface area contributed by atoms with Crippen molar-refractivity contribution in [1.29, 1.82) is 0 Å². The van der Waals surface area contributed by atoms with Gasteiger partial charge in [-0.05, 0) is 30.9 Å². The van der Waals surface area contributed by atoms with Crippen molar-refractivity contribution in [1.82, 2.24) is 20.5 Å². The van der Waals surface area contributed by atoms with E-state index in [2.05, 4.69) is 49.8 Å². The Bertz CT molecular complexity index is 859. The monoisotopic (exact) mass is 365 g/mol. The second-order valence-electron chi connectivity index (χ2n) is 7.69. The maximum Gasteiger partial charge on any atom is 0.220 e. The van der Waals surface area contributed by atoms with Gasteiger partial charge in [0, 0.05) is 56.6 Å². The summed E-state index contributed by atoms with van der Waals surface area (Å²) < 4.78 is 0. The van der Waals surface area contributed by atoms with Crippen LogP contribution >= 0.6 is 0 Å². The molecule has 1 atom stereocenters. The average Bonchev–Trinajstić information content (AvgIpc) is 3.05. The highest BCUT2D eigenvalue weighted by Crippen LogP contribution is 2.35. The lowest BCUT2D eigenvalue weighted by Crippen LogP contribution is -2.51. The molecule has 1 amide bonds. The zero-order chi connectivity index (χ0) is 18.7. The zero-order valence-corrected chi connectivity index (χ0v) is 15.9. The first-order valence-electron chi connectivity index (χ1n) is 9.74. The molecule has 1 unspecified atom stereocenters. The molecule has 0 radical (unpaired) electrons. The van der Waals surface area contributed by atoms with Crippen LogP contribution in [-0.2, 0) is 11.2 Å². The first-order chi connectivity index (χ1) is 13.2. The first kappa shape index (κ1) is 17.8. The Kier molecular flexibility index (Phi) is 4.97. The van der Waals surface area contributed by atoms with Crippen molar-refractivity contribution in [2.45, 2.75) is 25.7 Å². The molecule has 0 bridgehead atoms. The molecule has 2 aromatic rings. The molecule has 6 nitrogen and oxygen atoms in total. The molecule has 6 heteroatoms. The number of nitrogens with one attached hydrogen (secondary N) is 2. The van der Waals surface area contributed by atoms with Gasteiger partial charge in [0.1, 0.15) is 0 Å².